The number of rotatable bonds is 5. The van der Waals surface area contributed by atoms with E-state index < -0.39 is 0 Å². The minimum absolute atomic E-state index is 1.08. The fourth-order valence-corrected chi connectivity index (χ4v) is 1.13. The molecule has 0 fully saturated rings. The maximum Gasteiger partial charge on any atom is 0.0489 e. The molecular weight excluding hydrogens is 136 g/mol. The zero-order valence-corrected chi connectivity index (χ0v) is 7.16. The molecule has 0 aliphatic carbocycles. The van der Waals surface area contributed by atoms with Gasteiger partial charge in [0, 0.05) is 18.9 Å². The first-order chi connectivity index (χ1) is 5.43. The molecule has 62 valence electrons. The minimum atomic E-state index is 1.08. The van der Waals surface area contributed by atoms with E-state index in [0.717, 1.165) is 6.54 Å². The van der Waals surface area contributed by atoms with E-state index >= 15 is 0 Å². The molecule has 0 spiro atoms. The summed E-state index contributed by atoms with van der Waals surface area (Å²) >= 11 is 0. The third kappa shape index (κ3) is 3.21. The van der Waals surface area contributed by atoms with Gasteiger partial charge in [0.05, 0.1) is 0 Å². The summed E-state index contributed by atoms with van der Waals surface area (Å²) in [5.74, 6) is 0. The normalized spacial score (nSPS) is 10.3. The summed E-state index contributed by atoms with van der Waals surface area (Å²) in [6, 6.07) is 1.97. The predicted octanol–water partition coefficient (Wildman–Crippen LogP) is 2.46. The van der Waals surface area contributed by atoms with Gasteiger partial charge in [0.15, 0.2) is 0 Å². The molecule has 0 N–H and O–H groups in total. The average molecular weight is 152 g/mol. The molecule has 0 aliphatic rings. The van der Waals surface area contributed by atoms with Crippen molar-refractivity contribution < 1.29 is 0 Å². The van der Waals surface area contributed by atoms with E-state index in [9.17, 15) is 0 Å². The van der Waals surface area contributed by atoms with Gasteiger partial charge in [-0.15, -0.1) is 0 Å². The molecule has 11 heavy (non-hydrogen) atoms. The van der Waals surface area contributed by atoms with Crippen molar-refractivity contribution in [3.05, 3.63) is 18.5 Å². The highest BCUT2D eigenvalue weighted by Gasteiger charge is 1.89. The first-order valence-electron chi connectivity index (χ1n) is 4.41. The molecule has 0 saturated heterocycles. The molecule has 2 heteroatoms. The van der Waals surface area contributed by atoms with Gasteiger partial charge in [-0.05, 0) is 12.5 Å². The van der Waals surface area contributed by atoms with Gasteiger partial charge >= 0.3 is 0 Å². The molecule has 0 unspecified atom stereocenters. The lowest BCUT2D eigenvalue weighted by molar-refractivity contribution is 0.541. The molecule has 0 radical (unpaired) electrons. The van der Waals surface area contributed by atoms with E-state index in [2.05, 4.69) is 12.0 Å². The first kappa shape index (κ1) is 8.31. The largest absolute Gasteiger partial charge is 0.273 e. The SMILES string of the molecule is CCCCCCn1cccn1. The van der Waals surface area contributed by atoms with Crippen molar-refractivity contribution in [2.24, 2.45) is 0 Å². The van der Waals surface area contributed by atoms with Gasteiger partial charge in [0.2, 0.25) is 0 Å². The highest BCUT2D eigenvalue weighted by molar-refractivity contribution is 4.77. The lowest BCUT2D eigenvalue weighted by Crippen LogP contribution is -1.97. The van der Waals surface area contributed by atoms with Crippen LogP contribution in [0.25, 0.3) is 0 Å². The summed E-state index contributed by atoms with van der Waals surface area (Å²) in [7, 11) is 0. The van der Waals surface area contributed by atoms with Crippen LogP contribution in [0.3, 0.4) is 0 Å². The lowest BCUT2D eigenvalue weighted by atomic mass is 10.2. The van der Waals surface area contributed by atoms with Gasteiger partial charge < -0.3 is 0 Å². The van der Waals surface area contributed by atoms with Crippen molar-refractivity contribution in [1.29, 1.82) is 0 Å². The molecule has 0 aliphatic heterocycles. The maximum atomic E-state index is 4.13. The minimum Gasteiger partial charge on any atom is -0.273 e. The van der Waals surface area contributed by atoms with Crippen molar-refractivity contribution in [3.63, 3.8) is 0 Å². The second-order valence-electron chi connectivity index (χ2n) is 2.83. The van der Waals surface area contributed by atoms with Crippen LogP contribution in [0.15, 0.2) is 18.5 Å². The summed E-state index contributed by atoms with van der Waals surface area (Å²) in [5.41, 5.74) is 0. The Labute approximate surface area is 68.2 Å². The Morgan fingerprint density at radius 3 is 2.82 bits per heavy atom. The molecule has 1 aromatic heterocycles. The smallest absolute Gasteiger partial charge is 0.0489 e. The van der Waals surface area contributed by atoms with Gasteiger partial charge in [-0.1, -0.05) is 26.2 Å². The zero-order chi connectivity index (χ0) is 7.94. The fraction of sp³-hybridized carbons (Fsp3) is 0.667. The van der Waals surface area contributed by atoms with Crippen LogP contribution in [0, 0.1) is 0 Å². The van der Waals surface area contributed by atoms with Crippen LogP contribution >= 0.6 is 0 Å². The number of hydrogen-bond donors (Lipinski definition) is 0. The van der Waals surface area contributed by atoms with Gasteiger partial charge in [-0.3, -0.25) is 4.68 Å². The predicted molar refractivity (Wildman–Crippen MR) is 46.4 cm³/mol. The van der Waals surface area contributed by atoms with Crippen LogP contribution in [0.4, 0.5) is 0 Å². The molecule has 1 aromatic rings. The van der Waals surface area contributed by atoms with Crippen molar-refractivity contribution >= 4 is 0 Å². The van der Waals surface area contributed by atoms with Gasteiger partial charge in [-0.2, -0.15) is 5.10 Å². The molecule has 1 heterocycles. The van der Waals surface area contributed by atoms with E-state index in [1.165, 1.54) is 25.7 Å². The van der Waals surface area contributed by atoms with E-state index in [0.29, 0.717) is 0 Å². The van der Waals surface area contributed by atoms with E-state index in [4.69, 9.17) is 0 Å². The third-order valence-corrected chi connectivity index (χ3v) is 1.80. The van der Waals surface area contributed by atoms with Crippen LogP contribution in [0.5, 0.6) is 0 Å². The fourth-order valence-electron chi connectivity index (χ4n) is 1.13. The van der Waals surface area contributed by atoms with Crippen molar-refractivity contribution in [3.8, 4) is 0 Å². The average Bonchev–Trinajstić information content (AvgIpc) is 2.50. The highest BCUT2D eigenvalue weighted by atomic mass is 15.3. The summed E-state index contributed by atoms with van der Waals surface area (Å²) in [4.78, 5) is 0. The Hall–Kier alpha value is -0.790. The Bertz CT molecular complexity index is 168. The number of aryl methyl sites for hydroxylation is 1. The Kier molecular flexibility index (Phi) is 3.73. The standard InChI is InChI=1S/C9H16N2/c1-2-3-4-5-8-11-9-6-7-10-11/h6-7,9H,2-5,8H2,1H3. The number of hydrogen-bond acceptors (Lipinski definition) is 1. The summed E-state index contributed by atoms with van der Waals surface area (Å²) in [6.45, 7) is 3.31. The molecule has 2 nitrogen and oxygen atoms in total. The van der Waals surface area contributed by atoms with E-state index in [1.807, 2.05) is 23.1 Å². The molecule has 0 saturated carbocycles. The Balaban J connectivity index is 2.04. The van der Waals surface area contributed by atoms with E-state index in [-0.39, 0.29) is 0 Å². The number of aromatic nitrogens is 2. The molecule has 1 rings (SSSR count). The van der Waals surface area contributed by atoms with Crippen LogP contribution in [0.2, 0.25) is 0 Å². The van der Waals surface area contributed by atoms with E-state index in [1.54, 1.807) is 0 Å². The van der Waals surface area contributed by atoms with Crippen molar-refractivity contribution in [2.75, 3.05) is 0 Å². The summed E-state index contributed by atoms with van der Waals surface area (Å²) in [5, 5.41) is 4.13. The monoisotopic (exact) mass is 152 g/mol. The van der Waals surface area contributed by atoms with Crippen LogP contribution in [-0.4, -0.2) is 9.78 Å². The van der Waals surface area contributed by atoms with Gasteiger partial charge in [0.25, 0.3) is 0 Å². The molecule has 0 aromatic carbocycles. The second kappa shape index (κ2) is 4.94. The maximum absolute atomic E-state index is 4.13. The quantitative estimate of drug-likeness (QED) is 0.593. The van der Waals surface area contributed by atoms with Gasteiger partial charge in [-0.25, -0.2) is 0 Å². The van der Waals surface area contributed by atoms with Crippen LogP contribution in [0.1, 0.15) is 32.6 Å². The van der Waals surface area contributed by atoms with Gasteiger partial charge in [0.1, 0.15) is 0 Å². The van der Waals surface area contributed by atoms with Crippen molar-refractivity contribution in [2.45, 2.75) is 39.2 Å². The second-order valence-corrected chi connectivity index (χ2v) is 2.83. The third-order valence-electron chi connectivity index (χ3n) is 1.80. The molecule has 0 atom stereocenters. The first-order valence-corrected chi connectivity index (χ1v) is 4.41. The Morgan fingerprint density at radius 2 is 2.18 bits per heavy atom. The molecule has 0 amide bonds. The summed E-state index contributed by atoms with van der Waals surface area (Å²) < 4.78 is 2.00. The number of nitrogens with zero attached hydrogens (tertiary/aromatic N) is 2. The Morgan fingerprint density at radius 1 is 1.27 bits per heavy atom. The van der Waals surface area contributed by atoms with Crippen molar-refractivity contribution in [1.82, 2.24) is 9.78 Å². The topological polar surface area (TPSA) is 17.8 Å². The molecule has 0 bridgehead atoms. The van der Waals surface area contributed by atoms with Crippen LogP contribution < -0.4 is 0 Å². The molecular formula is C9H16N2. The van der Waals surface area contributed by atoms with Crippen LogP contribution in [-0.2, 0) is 6.54 Å². The zero-order valence-electron chi connectivity index (χ0n) is 7.16. The summed E-state index contributed by atoms with van der Waals surface area (Å²) in [6.07, 6.45) is 9.10. The highest BCUT2D eigenvalue weighted by Crippen LogP contribution is 2.00. The lowest BCUT2D eigenvalue weighted by Gasteiger charge is -1.99. The number of unbranched alkanes of at least 4 members (excludes halogenated alkanes) is 3.